The Balaban J connectivity index is 1.68. The molecule has 0 radical (unpaired) electrons. The summed E-state index contributed by atoms with van der Waals surface area (Å²) < 4.78 is 10.9. The number of carbonyl (C=O) groups excluding carboxylic acids is 1. The topological polar surface area (TPSA) is 108 Å². The number of methoxy groups -OCH3 is 1. The number of nitrogens with zero attached hydrogens (tertiary/aromatic N) is 1. The van der Waals surface area contributed by atoms with E-state index < -0.39 is 12.1 Å². The lowest BCUT2D eigenvalue weighted by molar-refractivity contribution is -0.137. The van der Waals surface area contributed by atoms with Gasteiger partial charge in [0, 0.05) is 19.5 Å². The molecular formula is C21H32N2O6. The Bertz CT molecular complexity index is 654. The predicted octanol–water partition coefficient (Wildman–Crippen LogP) is 2.64. The Morgan fingerprint density at radius 3 is 2.69 bits per heavy atom. The van der Waals surface area contributed by atoms with Crippen molar-refractivity contribution in [3.63, 3.8) is 0 Å². The first-order valence-corrected chi connectivity index (χ1v) is 10.2. The van der Waals surface area contributed by atoms with Gasteiger partial charge in [-0.05, 0) is 31.4 Å². The van der Waals surface area contributed by atoms with Gasteiger partial charge in [0.05, 0.1) is 19.3 Å². The number of benzene rings is 1. The van der Waals surface area contributed by atoms with Gasteiger partial charge in [0.15, 0.2) is 11.5 Å². The van der Waals surface area contributed by atoms with Crippen LogP contribution in [-0.2, 0) is 4.79 Å². The highest BCUT2D eigenvalue weighted by Crippen LogP contribution is 2.26. The van der Waals surface area contributed by atoms with Crippen LogP contribution < -0.4 is 14.8 Å². The van der Waals surface area contributed by atoms with Gasteiger partial charge < -0.3 is 29.9 Å². The van der Waals surface area contributed by atoms with Gasteiger partial charge in [-0.2, -0.15) is 0 Å². The summed E-state index contributed by atoms with van der Waals surface area (Å²) in [6.45, 7) is 1.21. The number of aliphatic hydroxyl groups is 1. The fourth-order valence-electron chi connectivity index (χ4n) is 3.43. The van der Waals surface area contributed by atoms with Crippen LogP contribution in [0.1, 0.15) is 44.9 Å². The fraction of sp³-hybridized carbons (Fsp3) is 0.619. The van der Waals surface area contributed by atoms with Crippen molar-refractivity contribution >= 4 is 12.0 Å². The molecule has 29 heavy (non-hydrogen) atoms. The van der Waals surface area contributed by atoms with E-state index in [1.165, 1.54) is 0 Å². The standard InChI is InChI=1S/C21H32N2O6/c1-28-18-9-6-7-10-19(18)29-15-17(24)12-13-23-16(14-22-21(23)27)8-4-2-3-5-11-20(25)26/h6-7,9-10,16-17,24H,2-5,8,11-15H2,1H3,(H,22,27)(H,25,26). The predicted molar refractivity (Wildman–Crippen MR) is 108 cm³/mol. The number of para-hydroxylation sites is 2. The van der Waals surface area contributed by atoms with Crippen molar-refractivity contribution in [2.45, 2.75) is 57.1 Å². The first kappa shape index (κ1) is 22.8. The molecule has 3 N–H and O–H groups in total. The SMILES string of the molecule is COc1ccccc1OCC(O)CCN1C(=O)NCC1CCCCCCC(=O)O. The second-order valence-corrected chi connectivity index (χ2v) is 7.28. The Hall–Kier alpha value is -2.48. The second kappa shape index (κ2) is 12.2. The molecule has 2 unspecified atom stereocenters. The molecule has 0 aromatic heterocycles. The number of amides is 2. The highest BCUT2D eigenvalue weighted by Gasteiger charge is 2.30. The summed E-state index contributed by atoms with van der Waals surface area (Å²) in [5.41, 5.74) is 0. The minimum Gasteiger partial charge on any atom is -0.493 e. The second-order valence-electron chi connectivity index (χ2n) is 7.28. The third-order valence-electron chi connectivity index (χ3n) is 5.07. The molecule has 2 amide bonds. The Morgan fingerprint density at radius 2 is 1.97 bits per heavy atom. The third kappa shape index (κ3) is 7.81. The first-order valence-electron chi connectivity index (χ1n) is 10.2. The number of unbranched alkanes of at least 4 members (excludes halogenated alkanes) is 3. The number of hydrogen-bond acceptors (Lipinski definition) is 5. The minimum absolute atomic E-state index is 0.0984. The quantitative estimate of drug-likeness (QED) is 0.409. The Kier molecular flexibility index (Phi) is 9.56. The zero-order valence-corrected chi connectivity index (χ0v) is 17.0. The van der Waals surface area contributed by atoms with Crippen LogP contribution in [0.15, 0.2) is 24.3 Å². The zero-order chi connectivity index (χ0) is 21.1. The number of carboxylic acids is 1. The lowest BCUT2D eigenvalue weighted by Crippen LogP contribution is -2.37. The van der Waals surface area contributed by atoms with Crippen molar-refractivity contribution < 1.29 is 29.3 Å². The normalized spacial score (nSPS) is 17.1. The van der Waals surface area contributed by atoms with Crippen molar-refractivity contribution in [3.8, 4) is 11.5 Å². The molecule has 0 spiro atoms. The van der Waals surface area contributed by atoms with E-state index >= 15 is 0 Å². The van der Waals surface area contributed by atoms with Crippen LogP contribution in [0.5, 0.6) is 11.5 Å². The molecular weight excluding hydrogens is 376 g/mol. The smallest absolute Gasteiger partial charge is 0.317 e. The van der Waals surface area contributed by atoms with Gasteiger partial charge in [0.25, 0.3) is 0 Å². The van der Waals surface area contributed by atoms with E-state index in [9.17, 15) is 14.7 Å². The maximum absolute atomic E-state index is 12.1. The molecule has 8 heteroatoms. The van der Waals surface area contributed by atoms with E-state index in [4.69, 9.17) is 14.6 Å². The lowest BCUT2D eigenvalue weighted by Gasteiger charge is -2.24. The van der Waals surface area contributed by atoms with Crippen molar-refractivity contribution in [1.82, 2.24) is 10.2 Å². The molecule has 0 saturated carbocycles. The highest BCUT2D eigenvalue weighted by atomic mass is 16.5. The molecule has 2 rings (SSSR count). The van der Waals surface area contributed by atoms with Gasteiger partial charge in [0.2, 0.25) is 0 Å². The lowest BCUT2D eigenvalue weighted by atomic mass is 10.1. The number of ether oxygens (including phenoxy) is 2. The van der Waals surface area contributed by atoms with Gasteiger partial charge in [-0.3, -0.25) is 4.79 Å². The molecule has 1 fully saturated rings. The Morgan fingerprint density at radius 1 is 1.24 bits per heavy atom. The highest BCUT2D eigenvalue weighted by molar-refractivity contribution is 5.76. The maximum Gasteiger partial charge on any atom is 0.317 e. The number of rotatable bonds is 14. The van der Waals surface area contributed by atoms with E-state index in [2.05, 4.69) is 5.32 Å². The van der Waals surface area contributed by atoms with Crippen LogP contribution in [0, 0.1) is 0 Å². The summed E-state index contributed by atoms with van der Waals surface area (Å²) in [4.78, 5) is 24.4. The van der Waals surface area contributed by atoms with Gasteiger partial charge >= 0.3 is 12.0 Å². The van der Waals surface area contributed by atoms with E-state index in [1.54, 1.807) is 24.1 Å². The Labute approximate surface area is 171 Å². The van der Waals surface area contributed by atoms with E-state index in [1.807, 2.05) is 12.1 Å². The molecule has 1 aliphatic heterocycles. The molecule has 1 aromatic rings. The number of carboxylic acid groups (broad SMARTS) is 1. The van der Waals surface area contributed by atoms with Crippen LogP contribution in [0.2, 0.25) is 0 Å². The van der Waals surface area contributed by atoms with Crippen LogP contribution in [0.4, 0.5) is 4.79 Å². The number of aliphatic hydroxyl groups excluding tert-OH is 1. The van der Waals surface area contributed by atoms with Gasteiger partial charge in [-0.25, -0.2) is 4.79 Å². The van der Waals surface area contributed by atoms with Crippen molar-refractivity contribution in [3.05, 3.63) is 24.3 Å². The molecule has 2 atom stereocenters. The summed E-state index contributed by atoms with van der Waals surface area (Å²) in [5, 5.41) is 21.8. The molecule has 1 saturated heterocycles. The van der Waals surface area contributed by atoms with Gasteiger partial charge in [-0.1, -0.05) is 31.4 Å². The average molecular weight is 408 g/mol. The third-order valence-corrected chi connectivity index (χ3v) is 5.07. The molecule has 1 aliphatic rings. The summed E-state index contributed by atoms with van der Waals surface area (Å²) in [5.74, 6) is 0.436. The summed E-state index contributed by atoms with van der Waals surface area (Å²) in [6, 6.07) is 7.28. The van der Waals surface area contributed by atoms with Crippen LogP contribution in [0.3, 0.4) is 0 Å². The number of hydrogen-bond donors (Lipinski definition) is 3. The number of carbonyl (C=O) groups is 2. The monoisotopic (exact) mass is 408 g/mol. The first-order chi connectivity index (χ1) is 14.0. The number of urea groups is 1. The summed E-state index contributed by atoms with van der Waals surface area (Å²) in [7, 11) is 1.57. The van der Waals surface area contributed by atoms with Crippen molar-refractivity contribution in [1.29, 1.82) is 0 Å². The van der Waals surface area contributed by atoms with Crippen LogP contribution >= 0.6 is 0 Å². The molecule has 8 nitrogen and oxygen atoms in total. The van der Waals surface area contributed by atoms with Gasteiger partial charge in [0.1, 0.15) is 6.61 Å². The summed E-state index contributed by atoms with van der Waals surface area (Å²) >= 11 is 0. The van der Waals surface area contributed by atoms with Crippen molar-refractivity contribution in [2.24, 2.45) is 0 Å². The fourth-order valence-corrected chi connectivity index (χ4v) is 3.43. The maximum atomic E-state index is 12.1. The number of aliphatic carboxylic acids is 1. The van der Waals surface area contributed by atoms with E-state index in [-0.39, 0.29) is 25.1 Å². The largest absolute Gasteiger partial charge is 0.493 e. The molecule has 162 valence electrons. The average Bonchev–Trinajstić information content (AvgIpc) is 3.06. The zero-order valence-electron chi connectivity index (χ0n) is 17.0. The number of nitrogens with one attached hydrogen (secondary N) is 1. The van der Waals surface area contributed by atoms with Crippen LogP contribution in [-0.4, -0.2) is 66.1 Å². The molecule has 1 heterocycles. The summed E-state index contributed by atoms with van der Waals surface area (Å²) in [6.07, 6.45) is 4.32. The molecule has 0 aliphatic carbocycles. The molecule has 1 aromatic carbocycles. The van der Waals surface area contributed by atoms with Gasteiger partial charge in [-0.15, -0.1) is 0 Å². The van der Waals surface area contributed by atoms with E-state index in [0.717, 1.165) is 25.7 Å². The van der Waals surface area contributed by atoms with Crippen LogP contribution in [0.25, 0.3) is 0 Å². The van der Waals surface area contributed by atoms with E-state index in [0.29, 0.717) is 37.4 Å². The minimum atomic E-state index is -0.755. The molecule has 0 bridgehead atoms. The van der Waals surface area contributed by atoms with Crippen molar-refractivity contribution in [2.75, 3.05) is 26.8 Å².